The summed E-state index contributed by atoms with van der Waals surface area (Å²) in [6, 6.07) is 16.7. The number of carbonyl (C=O) groups excluding carboxylic acids is 1. The van der Waals surface area contributed by atoms with Gasteiger partial charge in [-0.25, -0.2) is 9.59 Å². The standard InChI is InChI=1S/C24H23ClN4O3/c1-4-32-23(30)18-14(2)26-22-20(19(18)15-8-6-5-7-9-15)21(28-24(31)29(22)3)27-17-12-10-16(25)11-13-17/h5-13,19,26H,4H2,1-3H3,(H,27,28,31)/t19-/m1/s1. The number of rotatable bonds is 5. The lowest BCUT2D eigenvalue weighted by Gasteiger charge is -2.32. The van der Waals surface area contributed by atoms with Crippen molar-refractivity contribution in [3.8, 4) is 0 Å². The maximum absolute atomic E-state index is 13.0. The van der Waals surface area contributed by atoms with Gasteiger partial charge in [0.15, 0.2) is 0 Å². The van der Waals surface area contributed by atoms with Crippen molar-refractivity contribution in [2.24, 2.45) is 7.05 Å². The van der Waals surface area contributed by atoms with Crippen molar-refractivity contribution in [3.05, 3.63) is 92.5 Å². The predicted molar refractivity (Wildman–Crippen MR) is 125 cm³/mol. The highest BCUT2D eigenvalue weighted by Crippen LogP contribution is 2.44. The molecule has 2 heterocycles. The molecular formula is C24H23ClN4O3. The van der Waals surface area contributed by atoms with E-state index in [0.29, 0.717) is 39.2 Å². The van der Waals surface area contributed by atoms with Crippen molar-refractivity contribution < 1.29 is 9.53 Å². The summed E-state index contributed by atoms with van der Waals surface area (Å²) in [5, 5.41) is 7.07. The third kappa shape index (κ3) is 3.99. The van der Waals surface area contributed by atoms with E-state index in [-0.39, 0.29) is 6.61 Å². The van der Waals surface area contributed by atoms with E-state index in [0.717, 1.165) is 5.56 Å². The van der Waals surface area contributed by atoms with Crippen LogP contribution >= 0.6 is 11.6 Å². The van der Waals surface area contributed by atoms with Crippen LogP contribution in [-0.2, 0) is 16.6 Å². The summed E-state index contributed by atoms with van der Waals surface area (Å²) in [6.07, 6.45) is 0. The molecule has 0 spiro atoms. The van der Waals surface area contributed by atoms with Crippen LogP contribution in [0.5, 0.6) is 0 Å². The van der Waals surface area contributed by atoms with E-state index in [2.05, 4.69) is 15.6 Å². The largest absolute Gasteiger partial charge is 0.463 e. The topological polar surface area (TPSA) is 85.2 Å². The highest BCUT2D eigenvalue weighted by atomic mass is 35.5. The summed E-state index contributed by atoms with van der Waals surface area (Å²) < 4.78 is 6.83. The van der Waals surface area contributed by atoms with Crippen molar-refractivity contribution in [3.63, 3.8) is 0 Å². The molecule has 0 fully saturated rings. The minimum atomic E-state index is -0.486. The molecule has 0 aliphatic carbocycles. The fourth-order valence-electron chi connectivity index (χ4n) is 3.87. The normalized spacial score (nSPS) is 15.1. The van der Waals surface area contributed by atoms with Crippen LogP contribution in [-0.4, -0.2) is 22.1 Å². The van der Waals surface area contributed by atoms with E-state index in [1.807, 2.05) is 37.3 Å². The van der Waals surface area contributed by atoms with E-state index in [9.17, 15) is 9.59 Å². The molecule has 1 aliphatic heterocycles. The Bertz CT molecular complexity index is 1250. The molecule has 4 rings (SSSR count). The van der Waals surface area contributed by atoms with E-state index >= 15 is 0 Å². The second-order valence-electron chi connectivity index (χ2n) is 7.42. The zero-order valence-electron chi connectivity index (χ0n) is 18.0. The highest BCUT2D eigenvalue weighted by Gasteiger charge is 2.37. The SMILES string of the molecule is CCOC(=O)C1=C(C)Nc2c(c(Nc3ccc(Cl)cc3)nc(=O)n2C)[C@@H]1c1ccccc1. The number of hydrogen-bond acceptors (Lipinski definition) is 6. The molecule has 2 aromatic carbocycles. The lowest BCUT2D eigenvalue weighted by Crippen LogP contribution is -2.32. The first-order chi connectivity index (χ1) is 15.4. The smallest absolute Gasteiger partial charge is 0.350 e. The Morgan fingerprint density at radius 2 is 1.88 bits per heavy atom. The molecule has 0 bridgehead atoms. The predicted octanol–water partition coefficient (Wildman–Crippen LogP) is 4.57. The molecule has 1 aromatic heterocycles. The van der Waals surface area contributed by atoms with E-state index in [1.54, 1.807) is 38.2 Å². The summed E-state index contributed by atoms with van der Waals surface area (Å²) in [4.78, 5) is 30.0. The monoisotopic (exact) mass is 450 g/mol. The van der Waals surface area contributed by atoms with Gasteiger partial charge in [-0.3, -0.25) is 4.57 Å². The molecule has 0 radical (unpaired) electrons. The van der Waals surface area contributed by atoms with Crippen molar-refractivity contribution in [1.29, 1.82) is 0 Å². The lowest BCUT2D eigenvalue weighted by molar-refractivity contribution is -0.138. The van der Waals surface area contributed by atoms with E-state index < -0.39 is 17.6 Å². The second-order valence-corrected chi connectivity index (χ2v) is 7.86. The number of fused-ring (bicyclic) bond motifs is 1. The number of esters is 1. The Kier molecular flexibility index (Phi) is 6.01. The number of nitrogens with zero attached hydrogens (tertiary/aromatic N) is 2. The van der Waals surface area contributed by atoms with Gasteiger partial charge in [0.1, 0.15) is 11.6 Å². The Balaban J connectivity index is 1.96. The summed E-state index contributed by atoms with van der Waals surface area (Å²) >= 11 is 6.01. The first kappa shape index (κ1) is 21.6. The Morgan fingerprint density at radius 3 is 2.53 bits per heavy atom. The third-order valence-corrected chi connectivity index (χ3v) is 5.61. The first-order valence-electron chi connectivity index (χ1n) is 10.2. The number of anilines is 3. The first-order valence-corrected chi connectivity index (χ1v) is 10.6. The summed E-state index contributed by atoms with van der Waals surface area (Å²) in [7, 11) is 1.65. The van der Waals surface area contributed by atoms with Crippen LogP contribution in [0.25, 0.3) is 0 Å². The Hall–Kier alpha value is -3.58. The van der Waals surface area contributed by atoms with Crippen LogP contribution in [0.15, 0.2) is 70.7 Å². The fraction of sp³-hybridized carbons (Fsp3) is 0.208. The number of ether oxygens (including phenoxy) is 1. The quantitative estimate of drug-likeness (QED) is 0.554. The van der Waals surface area contributed by atoms with Crippen molar-refractivity contribution in [2.75, 3.05) is 17.2 Å². The molecule has 1 aliphatic rings. The van der Waals surface area contributed by atoms with Crippen LogP contribution < -0.4 is 16.3 Å². The molecule has 1 atom stereocenters. The number of benzene rings is 2. The number of allylic oxidation sites excluding steroid dienone is 1. The summed E-state index contributed by atoms with van der Waals surface area (Å²) in [6.45, 7) is 3.84. The van der Waals surface area contributed by atoms with Crippen LogP contribution in [0.1, 0.15) is 30.9 Å². The van der Waals surface area contributed by atoms with Gasteiger partial charge in [0.2, 0.25) is 0 Å². The van der Waals surface area contributed by atoms with Gasteiger partial charge < -0.3 is 15.4 Å². The maximum Gasteiger partial charge on any atom is 0.350 e. The Labute approximate surface area is 190 Å². The number of halogens is 1. The minimum absolute atomic E-state index is 0.255. The third-order valence-electron chi connectivity index (χ3n) is 5.36. The Morgan fingerprint density at radius 1 is 1.19 bits per heavy atom. The van der Waals surface area contributed by atoms with Gasteiger partial charge in [0.25, 0.3) is 0 Å². The molecule has 8 heteroatoms. The van der Waals surface area contributed by atoms with Gasteiger partial charge in [0.05, 0.1) is 18.1 Å². The van der Waals surface area contributed by atoms with Crippen molar-refractivity contribution in [1.82, 2.24) is 9.55 Å². The van der Waals surface area contributed by atoms with E-state index in [4.69, 9.17) is 16.3 Å². The minimum Gasteiger partial charge on any atom is -0.463 e. The van der Waals surface area contributed by atoms with Gasteiger partial charge in [-0.1, -0.05) is 41.9 Å². The molecule has 0 amide bonds. The van der Waals surface area contributed by atoms with Crippen LogP contribution in [0.3, 0.4) is 0 Å². The highest BCUT2D eigenvalue weighted by molar-refractivity contribution is 6.30. The van der Waals surface area contributed by atoms with Gasteiger partial charge in [-0.2, -0.15) is 4.98 Å². The van der Waals surface area contributed by atoms with Gasteiger partial charge in [-0.05, 0) is 43.7 Å². The lowest BCUT2D eigenvalue weighted by atomic mass is 9.81. The number of hydrogen-bond donors (Lipinski definition) is 2. The molecule has 7 nitrogen and oxygen atoms in total. The molecule has 32 heavy (non-hydrogen) atoms. The maximum atomic E-state index is 13.0. The number of nitrogens with one attached hydrogen (secondary N) is 2. The molecule has 164 valence electrons. The molecule has 3 aromatic rings. The fourth-order valence-corrected chi connectivity index (χ4v) is 4.00. The van der Waals surface area contributed by atoms with Gasteiger partial charge in [-0.15, -0.1) is 0 Å². The number of carbonyl (C=O) groups is 1. The number of aromatic nitrogens is 2. The average Bonchev–Trinajstić information content (AvgIpc) is 2.78. The summed E-state index contributed by atoms with van der Waals surface area (Å²) in [5.74, 6) is 0.0332. The zero-order chi connectivity index (χ0) is 22.8. The van der Waals surface area contributed by atoms with Gasteiger partial charge in [0, 0.05) is 29.0 Å². The van der Waals surface area contributed by atoms with Crippen molar-refractivity contribution >= 4 is 34.9 Å². The summed E-state index contributed by atoms with van der Waals surface area (Å²) in [5.41, 5.74) is 2.97. The van der Waals surface area contributed by atoms with Crippen LogP contribution in [0.2, 0.25) is 5.02 Å². The molecule has 0 saturated carbocycles. The van der Waals surface area contributed by atoms with Crippen LogP contribution in [0, 0.1) is 0 Å². The molecule has 0 unspecified atom stereocenters. The zero-order valence-corrected chi connectivity index (χ0v) is 18.7. The van der Waals surface area contributed by atoms with E-state index in [1.165, 1.54) is 4.57 Å². The molecular weight excluding hydrogens is 428 g/mol. The second kappa shape index (κ2) is 8.88. The van der Waals surface area contributed by atoms with Crippen molar-refractivity contribution in [2.45, 2.75) is 19.8 Å². The molecule has 2 N–H and O–H groups in total. The molecule has 0 saturated heterocycles. The van der Waals surface area contributed by atoms with Crippen LogP contribution in [0.4, 0.5) is 17.3 Å². The average molecular weight is 451 g/mol. The van der Waals surface area contributed by atoms with Gasteiger partial charge >= 0.3 is 11.7 Å².